The lowest BCUT2D eigenvalue weighted by molar-refractivity contribution is -0.385. The van der Waals surface area contributed by atoms with E-state index in [-0.39, 0.29) is 6.07 Å². The Morgan fingerprint density at radius 2 is 1.87 bits per heavy atom. The van der Waals surface area contributed by atoms with Crippen LogP contribution in [-0.4, -0.2) is 26.3 Å². The van der Waals surface area contributed by atoms with Crippen molar-refractivity contribution in [2.24, 2.45) is 0 Å². The highest BCUT2D eigenvalue weighted by atomic mass is 35.5. The van der Waals surface area contributed by atoms with E-state index in [4.69, 9.17) is 16.3 Å². The molecule has 0 bridgehead atoms. The number of carbonyl (C=O) groups excluding carboxylic acids is 1. The summed E-state index contributed by atoms with van der Waals surface area (Å²) in [5, 5.41) is 10.3. The van der Waals surface area contributed by atoms with E-state index in [0.717, 1.165) is 19.2 Å². The van der Waals surface area contributed by atoms with Crippen molar-refractivity contribution < 1.29 is 40.4 Å². The molecule has 0 atom stereocenters. The molecular formula is C15H10ClF4N3O6S. The second-order valence-electron chi connectivity index (χ2n) is 5.44. The first-order valence-electron chi connectivity index (χ1n) is 7.53. The average Bonchev–Trinajstić information content (AvgIpc) is 2.63. The maximum Gasteiger partial charge on any atom is 0.416 e. The minimum Gasteiger partial charge on any atom is -0.453 e. The topological polar surface area (TPSA) is 128 Å². The molecule has 2 aromatic rings. The molecule has 0 spiro atoms. The molecule has 2 aromatic carbocycles. The van der Waals surface area contributed by atoms with Gasteiger partial charge in [0.15, 0.2) is 11.6 Å². The normalized spacial score (nSPS) is 11.8. The number of nitrogens with zero attached hydrogens (tertiary/aromatic N) is 1. The third kappa shape index (κ3) is 5.34. The predicted molar refractivity (Wildman–Crippen MR) is 95.0 cm³/mol. The molecule has 1 amide bonds. The average molecular weight is 472 g/mol. The number of hydrogen-bond acceptors (Lipinski definition) is 6. The molecule has 0 fully saturated rings. The van der Waals surface area contributed by atoms with Crippen LogP contribution in [0, 0.1) is 15.9 Å². The van der Waals surface area contributed by atoms with Crippen LogP contribution in [0.5, 0.6) is 11.5 Å². The third-order valence-electron chi connectivity index (χ3n) is 3.45. The van der Waals surface area contributed by atoms with E-state index in [1.165, 1.54) is 4.72 Å². The second kappa shape index (κ2) is 8.41. The van der Waals surface area contributed by atoms with E-state index in [2.05, 4.69) is 0 Å². The smallest absolute Gasteiger partial charge is 0.416 e. The van der Waals surface area contributed by atoms with Crippen LogP contribution in [0.15, 0.2) is 30.3 Å². The van der Waals surface area contributed by atoms with Crippen molar-refractivity contribution in [1.82, 2.24) is 9.44 Å². The van der Waals surface area contributed by atoms with Crippen molar-refractivity contribution >= 4 is 33.4 Å². The Morgan fingerprint density at radius 3 is 2.37 bits per heavy atom. The zero-order valence-corrected chi connectivity index (χ0v) is 16.2. The quantitative estimate of drug-likeness (QED) is 0.377. The van der Waals surface area contributed by atoms with Gasteiger partial charge in [0.2, 0.25) is 0 Å². The van der Waals surface area contributed by atoms with Crippen molar-refractivity contribution in [3.63, 3.8) is 0 Å². The van der Waals surface area contributed by atoms with Gasteiger partial charge >= 0.3 is 16.4 Å². The van der Waals surface area contributed by atoms with Gasteiger partial charge in [0.25, 0.3) is 11.6 Å². The fourth-order valence-electron chi connectivity index (χ4n) is 2.09. The van der Waals surface area contributed by atoms with Crippen molar-refractivity contribution in [1.29, 1.82) is 0 Å². The lowest BCUT2D eigenvalue weighted by Gasteiger charge is -2.13. The highest BCUT2D eigenvalue weighted by Gasteiger charge is 2.33. The summed E-state index contributed by atoms with van der Waals surface area (Å²) in [6.45, 7) is 0. The number of carbonyl (C=O) groups is 1. The Bertz CT molecular complexity index is 1100. The van der Waals surface area contributed by atoms with Gasteiger partial charge in [0, 0.05) is 19.2 Å². The van der Waals surface area contributed by atoms with Crippen LogP contribution in [0.3, 0.4) is 0 Å². The molecule has 15 heteroatoms. The van der Waals surface area contributed by atoms with E-state index in [9.17, 15) is 40.9 Å². The molecule has 0 aliphatic rings. The van der Waals surface area contributed by atoms with Crippen LogP contribution in [0.25, 0.3) is 0 Å². The van der Waals surface area contributed by atoms with Crippen LogP contribution < -0.4 is 14.2 Å². The standard InChI is InChI=1S/C15H10ClF4N3O6S/c1-21-30(27,28)22-14(24)9-6-8(2-3-12(9)23(25)26)29-13-10(16)4-7(5-11(13)17)15(18,19)20/h2-6,21H,1H3,(H,22,24). The molecule has 0 aliphatic carbocycles. The SMILES string of the molecule is CNS(=O)(=O)NC(=O)c1cc(Oc2c(F)cc(C(F)(F)F)cc2Cl)ccc1[N+](=O)[O-]. The van der Waals surface area contributed by atoms with Gasteiger partial charge in [0.1, 0.15) is 11.3 Å². The summed E-state index contributed by atoms with van der Waals surface area (Å²) in [6.07, 6.45) is -4.87. The highest BCUT2D eigenvalue weighted by molar-refractivity contribution is 7.88. The molecule has 0 saturated carbocycles. The minimum absolute atomic E-state index is 0.125. The fraction of sp³-hybridized carbons (Fsp3) is 0.133. The summed E-state index contributed by atoms with van der Waals surface area (Å²) in [7, 11) is -3.34. The summed E-state index contributed by atoms with van der Waals surface area (Å²) in [5.41, 5.74) is -2.97. The Hall–Kier alpha value is -2.97. The zero-order chi connectivity index (χ0) is 22.9. The number of nitrogens with one attached hydrogen (secondary N) is 2. The number of alkyl halides is 3. The van der Waals surface area contributed by atoms with Gasteiger partial charge in [-0.05, 0) is 18.2 Å². The Kier molecular flexibility index (Phi) is 6.54. The first-order chi connectivity index (χ1) is 13.7. The number of rotatable bonds is 6. The van der Waals surface area contributed by atoms with Gasteiger partial charge in [-0.25, -0.2) is 13.8 Å². The van der Waals surface area contributed by atoms with Gasteiger partial charge in [-0.3, -0.25) is 14.9 Å². The van der Waals surface area contributed by atoms with Crippen molar-refractivity contribution in [2.75, 3.05) is 7.05 Å². The maximum atomic E-state index is 14.1. The van der Waals surface area contributed by atoms with Crippen molar-refractivity contribution in [3.05, 3.63) is 62.4 Å². The second-order valence-corrected chi connectivity index (χ2v) is 7.47. The van der Waals surface area contributed by atoms with Crippen LogP contribution in [0.2, 0.25) is 5.02 Å². The summed E-state index contributed by atoms with van der Waals surface area (Å²) in [5.74, 6) is -4.18. The summed E-state index contributed by atoms with van der Waals surface area (Å²) in [4.78, 5) is 22.2. The van der Waals surface area contributed by atoms with Crippen LogP contribution in [0.1, 0.15) is 15.9 Å². The van der Waals surface area contributed by atoms with Gasteiger partial charge in [-0.15, -0.1) is 0 Å². The molecule has 2 rings (SSSR count). The molecular weight excluding hydrogens is 462 g/mol. The summed E-state index contributed by atoms with van der Waals surface area (Å²) in [6, 6.07) is 2.89. The van der Waals surface area contributed by atoms with Crippen LogP contribution >= 0.6 is 11.6 Å². The van der Waals surface area contributed by atoms with Crippen LogP contribution in [0.4, 0.5) is 23.2 Å². The number of amides is 1. The Labute approximate surface area is 170 Å². The molecule has 9 nitrogen and oxygen atoms in total. The molecule has 2 N–H and O–H groups in total. The van der Waals surface area contributed by atoms with Gasteiger partial charge in [-0.2, -0.15) is 21.6 Å². The van der Waals surface area contributed by atoms with E-state index >= 15 is 0 Å². The maximum absolute atomic E-state index is 14.1. The first kappa shape index (κ1) is 23.3. The molecule has 0 saturated heterocycles. The molecule has 30 heavy (non-hydrogen) atoms. The van der Waals surface area contributed by atoms with Gasteiger partial charge in [0.05, 0.1) is 15.5 Å². The van der Waals surface area contributed by atoms with Gasteiger partial charge < -0.3 is 4.74 Å². The van der Waals surface area contributed by atoms with E-state index in [0.29, 0.717) is 12.1 Å². The molecule has 0 heterocycles. The number of benzene rings is 2. The fourth-order valence-corrected chi connectivity index (χ4v) is 2.79. The molecule has 0 aliphatic heterocycles. The molecule has 0 radical (unpaired) electrons. The Balaban J connectivity index is 2.48. The molecule has 0 unspecified atom stereocenters. The van der Waals surface area contributed by atoms with E-state index in [1.54, 1.807) is 4.72 Å². The number of ether oxygens (including phenoxy) is 1. The van der Waals surface area contributed by atoms with E-state index < -0.39 is 66.4 Å². The minimum atomic E-state index is -4.87. The summed E-state index contributed by atoms with van der Waals surface area (Å²) >= 11 is 5.64. The van der Waals surface area contributed by atoms with Crippen LogP contribution in [-0.2, 0) is 16.4 Å². The first-order valence-corrected chi connectivity index (χ1v) is 9.39. The monoisotopic (exact) mass is 471 g/mol. The zero-order valence-electron chi connectivity index (χ0n) is 14.6. The molecule has 0 aromatic heterocycles. The van der Waals surface area contributed by atoms with Crippen molar-refractivity contribution in [3.8, 4) is 11.5 Å². The number of nitro benzene ring substituents is 1. The third-order valence-corrected chi connectivity index (χ3v) is 4.72. The predicted octanol–water partition coefficient (Wildman–Crippen LogP) is 3.39. The van der Waals surface area contributed by atoms with Gasteiger partial charge in [-0.1, -0.05) is 11.6 Å². The number of hydrogen-bond donors (Lipinski definition) is 2. The summed E-state index contributed by atoms with van der Waals surface area (Å²) < 4.78 is 83.4. The largest absolute Gasteiger partial charge is 0.453 e. The Morgan fingerprint density at radius 1 is 1.23 bits per heavy atom. The van der Waals surface area contributed by atoms with E-state index in [1.807, 2.05) is 0 Å². The molecule has 162 valence electrons. The highest BCUT2D eigenvalue weighted by Crippen LogP contribution is 2.39. The lowest BCUT2D eigenvalue weighted by atomic mass is 10.1. The van der Waals surface area contributed by atoms with Crippen molar-refractivity contribution in [2.45, 2.75) is 6.18 Å². The lowest BCUT2D eigenvalue weighted by Crippen LogP contribution is -2.38. The number of halogens is 5. The number of nitro groups is 1.